The second kappa shape index (κ2) is 6.37. The van der Waals surface area contributed by atoms with E-state index < -0.39 is 0 Å². The Hall–Kier alpha value is -1.40. The van der Waals surface area contributed by atoms with E-state index in [4.69, 9.17) is 0 Å². The fourth-order valence-electron chi connectivity index (χ4n) is 2.02. The van der Waals surface area contributed by atoms with Crippen molar-refractivity contribution in [3.05, 3.63) is 56.3 Å². The molecule has 1 heterocycles. The highest BCUT2D eigenvalue weighted by Gasteiger charge is 2.18. The van der Waals surface area contributed by atoms with Gasteiger partial charge in [0.25, 0.3) is 5.69 Å². The topological polar surface area (TPSA) is 46.4 Å². The molecule has 1 aromatic heterocycles. The van der Waals surface area contributed by atoms with Crippen LogP contribution in [0.15, 0.2) is 35.7 Å². The van der Waals surface area contributed by atoms with Gasteiger partial charge in [0.05, 0.1) is 11.0 Å². The molecule has 20 heavy (non-hydrogen) atoms. The zero-order chi connectivity index (χ0) is 14.7. The number of alkyl halides is 1. The second-order valence-corrected chi connectivity index (χ2v) is 6.05. The average Bonchev–Trinajstić information content (AvgIpc) is 2.99. The number of nitrogens with zero attached hydrogens (tertiary/aromatic N) is 2. The molecule has 106 valence electrons. The number of nitro groups is 1. The molecule has 2 aromatic rings. The van der Waals surface area contributed by atoms with Crippen LogP contribution < -0.4 is 4.90 Å². The van der Waals surface area contributed by atoms with Crippen LogP contribution in [0.4, 0.5) is 11.4 Å². The maximum Gasteiger partial charge on any atom is 0.273 e. The van der Waals surface area contributed by atoms with Crippen LogP contribution in [0.3, 0.4) is 0 Å². The molecule has 0 radical (unpaired) electrons. The average molecular weight is 355 g/mol. The van der Waals surface area contributed by atoms with Crippen LogP contribution in [0.1, 0.15) is 23.4 Å². The van der Waals surface area contributed by atoms with E-state index in [2.05, 4.69) is 39.2 Å². The standard InChI is InChI=1S/C14H15BrN2O2S/c1-10(14-4-3-7-20-14)16(2)12-5-6-13(17(18)19)11(8-12)9-15/h3-8,10H,9H2,1-2H3. The van der Waals surface area contributed by atoms with Gasteiger partial charge >= 0.3 is 0 Å². The molecule has 0 bridgehead atoms. The van der Waals surface area contributed by atoms with E-state index in [1.807, 2.05) is 19.2 Å². The largest absolute Gasteiger partial charge is 0.367 e. The van der Waals surface area contributed by atoms with Gasteiger partial charge in [0.2, 0.25) is 0 Å². The third kappa shape index (κ3) is 3.02. The summed E-state index contributed by atoms with van der Waals surface area (Å²) in [6.07, 6.45) is 0. The third-order valence-electron chi connectivity index (χ3n) is 3.35. The van der Waals surface area contributed by atoms with Gasteiger partial charge in [-0.2, -0.15) is 0 Å². The number of hydrogen-bond acceptors (Lipinski definition) is 4. The van der Waals surface area contributed by atoms with E-state index in [0.717, 1.165) is 5.69 Å². The van der Waals surface area contributed by atoms with Crippen LogP contribution in [-0.2, 0) is 5.33 Å². The Labute approximate surface area is 130 Å². The highest BCUT2D eigenvalue weighted by atomic mass is 79.9. The molecular weight excluding hydrogens is 340 g/mol. The molecule has 0 amide bonds. The normalized spacial score (nSPS) is 12.2. The first-order valence-corrected chi connectivity index (χ1v) is 8.14. The molecular formula is C14H15BrN2O2S. The molecule has 0 saturated carbocycles. The number of halogens is 1. The van der Waals surface area contributed by atoms with Gasteiger partial charge in [0.1, 0.15) is 0 Å². The van der Waals surface area contributed by atoms with Crippen molar-refractivity contribution in [2.75, 3.05) is 11.9 Å². The first-order valence-electron chi connectivity index (χ1n) is 6.14. The van der Waals surface area contributed by atoms with Crippen molar-refractivity contribution in [1.82, 2.24) is 0 Å². The van der Waals surface area contributed by atoms with Gasteiger partial charge in [0.15, 0.2) is 0 Å². The van der Waals surface area contributed by atoms with Gasteiger partial charge in [-0.25, -0.2) is 0 Å². The monoisotopic (exact) mass is 354 g/mol. The molecule has 2 rings (SSSR count). The highest BCUT2D eigenvalue weighted by molar-refractivity contribution is 9.08. The van der Waals surface area contributed by atoms with Crippen molar-refractivity contribution >= 4 is 38.6 Å². The van der Waals surface area contributed by atoms with Crippen LogP contribution in [0.25, 0.3) is 0 Å². The summed E-state index contributed by atoms with van der Waals surface area (Å²) in [4.78, 5) is 14.0. The van der Waals surface area contributed by atoms with Crippen LogP contribution >= 0.6 is 27.3 Å². The molecule has 0 fully saturated rings. The molecule has 6 heteroatoms. The Balaban J connectivity index is 2.31. The lowest BCUT2D eigenvalue weighted by Crippen LogP contribution is -2.20. The lowest BCUT2D eigenvalue weighted by Gasteiger charge is -2.26. The van der Waals surface area contributed by atoms with Crippen molar-refractivity contribution in [2.24, 2.45) is 0 Å². The number of nitro benzene ring substituents is 1. The van der Waals surface area contributed by atoms with Crippen molar-refractivity contribution in [3.63, 3.8) is 0 Å². The van der Waals surface area contributed by atoms with Gasteiger partial charge in [-0.05, 0) is 30.5 Å². The van der Waals surface area contributed by atoms with E-state index in [0.29, 0.717) is 10.9 Å². The smallest absolute Gasteiger partial charge is 0.273 e. The molecule has 1 atom stereocenters. The minimum absolute atomic E-state index is 0.155. The molecule has 1 aromatic carbocycles. The SMILES string of the molecule is CC(c1cccs1)N(C)c1ccc([N+](=O)[O-])c(CBr)c1. The summed E-state index contributed by atoms with van der Waals surface area (Å²) in [6, 6.07) is 9.61. The molecule has 0 aliphatic heterocycles. The van der Waals surface area contributed by atoms with Gasteiger partial charge in [-0.3, -0.25) is 10.1 Å². The second-order valence-electron chi connectivity index (χ2n) is 4.51. The van der Waals surface area contributed by atoms with Gasteiger partial charge in [0, 0.05) is 34.6 Å². The fourth-order valence-corrected chi connectivity index (χ4v) is 3.30. The number of benzene rings is 1. The molecule has 0 aliphatic carbocycles. The minimum atomic E-state index is -0.344. The predicted molar refractivity (Wildman–Crippen MR) is 86.9 cm³/mol. The first-order chi connectivity index (χ1) is 9.54. The van der Waals surface area contributed by atoms with E-state index in [1.165, 1.54) is 4.88 Å². The van der Waals surface area contributed by atoms with Crippen molar-refractivity contribution in [3.8, 4) is 0 Å². The third-order valence-corrected chi connectivity index (χ3v) is 4.99. The maximum absolute atomic E-state index is 11.0. The molecule has 0 N–H and O–H groups in total. The molecule has 4 nitrogen and oxygen atoms in total. The van der Waals surface area contributed by atoms with E-state index in [-0.39, 0.29) is 16.7 Å². The Bertz CT molecular complexity index is 601. The summed E-state index contributed by atoms with van der Waals surface area (Å²) < 4.78 is 0. The van der Waals surface area contributed by atoms with Crippen molar-refractivity contribution in [1.29, 1.82) is 0 Å². The first kappa shape index (κ1) is 15.0. The summed E-state index contributed by atoms with van der Waals surface area (Å²) in [5, 5.41) is 13.5. The summed E-state index contributed by atoms with van der Waals surface area (Å²) in [5.74, 6) is 0. The number of rotatable bonds is 5. The number of anilines is 1. The van der Waals surface area contributed by atoms with Crippen molar-refractivity contribution in [2.45, 2.75) is 18.3 Å². The Morgan fingerprint density at radius 2 is 2.20 bits per heavy atom. The Kier molecular flexibility index (Phi) is 4.77. The number of thiophene rings is 1. The van der Waals surface area contributed by atoms with Gasteiger partial charge in [-0.1, -0.05) is 22.0 Å². The van der Waals surface area contributed by atoms with Gasteiger partial charge in [-0.15, -0.1) is 11.3 Å². The summed E-state index contributed by atoms with van der Waals surface area (Å²) in [5.41, 5.74) is 1.83. The molecule has 0 aliphatic rings. The summed E-state index contributed by atoms with van der Waals surface area (Å²) in [6.45, 7) is 2.13. The summed E-state index contributed by atoms with van der Waals surface area (Å²) >= 11 is 5.03. The Morgan fingerprint density at radius 3 is 2.75 bits per heavy atom. The zero-order valence-electron chi connectivity index (χ0n) is 11.2. The maximum atomic E-state index is 11.0. The molecule has 0 spiro atoms. The van der Waals surface area contributed by atoms with Gasteiger partial charge < -0.3 is 4.90 Å². The van der Waals surface area contributed by atoms with E-state index in [1.54, 1.807) is 23.5 Å². The minimum Gasteiger partial charge on any atom is -0.367 e. The zero-order valence-corrected chi connectivity index (χ0v) is 13.6. The lowest BCUT2D eigenvalue weighted by molar-refractivity contribution is -0.385. The highest BCUT2D eigenvalue weighted by Crippen LogP contribution is 2.31. The fraction of sp³-hybridized carbons (Fsp3) is 0.286. The van der Waals surface area contributed by atoms with Crippen molar-refractivity contribution < 1.29 is 4.92 Å². The van der Waals surface area contributed by atoms with Crippen LogP contribution in [0, 0.1) is 10.1 Å². The van der Waals surface area contributed by atoms with E-state index >= 15 is 0 Å². The quantitative estimate of drug-likeness (QED) is 0.442. The van der Waals surface area contributed by atoms with Crippen LogP contribution in [0.5, 0.6) is 0 Å². The molecule has 1 unspecified atom stereocenters. The summed E-state index contributed by atoms with van der Waals surface area (Å²) in [7, 11) is 2.00. The molecule has 0 saturated heterocycles. The van der Waals surface area contributed by atoms with E-state index in [9.17, 15) is 10.1 Å². The van der Waals surface area contributed by atoms with Crippen LogP contribution in [0.2, 0.25) is 0 Å². The van der Waals surface area contributed by atoms with Crippen LogP contribution in [-0.4, -0.2) is 12.0 Å². The Morgan fingerprint density at radius 1 is 1.45 bits per heavy atom. The number of hydrogen-bond donors (Lipinski definition) is 0. The lowest BCUT2D eigenvalue weighted by atomic mass is 10.1. The predicted octanol–water partition coefficient (Wildman–Crippen LogP) is 4.75.